The SMILES string of the molecule is O=c1[nH]c2ccccc2nc1C(O)CCc1ccccc1. The Hall–Kier alpha value is -2.46. The van der Waals surface area contributed by atoms with Gasteiger partial charge in [0, 0.05) is 0 Å². The topological polar surface area (TPSA) is 66.0 Å². The number of hydrogen-bond donors (Lipinski definition) is 2. The molecule has 2 aromatic carbocycles. The van der Waals surface area contributed by atoms with Crippen molar-refractivity contribution in [1.29, 1.82) is 0 Å². The minimum absolute atomic E-state index is 0.185. The monoisotopic (exact) mass is 280 g/mol. The number of aliphatic hydroxyl groups is 1. The maximum atomic E-state index is 12.0. The number of H-pyrrole nitrogens is 1. The van der Waals surface area contributed by atoms with Gasteiger partial charge in [-0.2, -0.15) is 0 Å². The molecule has 0 bridgehead atoms. The Morgan fingerprint density at radius 2 is 1.76 bits per heavy atom. The minimum Gasteiger partial charge on any atom is -0.387 e. The summed E-state index contributed by atoms with van der Waals surface area (Å²) < 4.78 is 0. The highest BCUT2D eigenvalue weighted by molar-refractivity contribution is 5.73. The van der Waals surface area contributed by atoms with Crippen molar-refractivity contribution >= 4 is 11.0 Å². The van der Waals surface area contributed by atoms with E-state index in [1.807, 2.05) is 48.5 Å². The Labute approximate surface area is 122 Å². The van der Waals surface area contributed by atoms with Crippen LogP contribution in [0, 0.1) is 0 Å². The van der Waals surface area contributed by atoms with Gasteiger partial charge in [-0.25, -0.2) is 4.98 Å². The van der Waals surface area contributed by atoms with Gasteiger partial charge in [-0.1, -0.05) is 42.5 Å². The molecule has 0 spiro atoms. The number of aryl methyl sites for hydroxylation is 1. The third-order valence-electron chi connectivity index (χ3n) is 3.49. The fourth-order valence-electron chi connectivity index (χ4n) is 2.35. The lowest BCUT2D eigenvalue weighted by Gasteiger charge is -2.10. The number of rotatable bonds is 4. The van der Waals surface area contributed by atoms with E-state index in [0.29, 0.717) is 23.9 Å². The molecule has 0 aliphatic heterocycles. The predicted octanol–water partition coefficient (Wildman–Crippen LogP) is 2.59. The Bertz CT molecular complexity index is 796. The van der Waals surface area contributed by atoms with Crippen molar-refractivity contribution in [3.8, 4) is 0 Å². The molecule has 3 rings (SSSR count). The molecule has 0 aliphatic carbocycles. The second-order valence-electron chi connectivity index (χ2n) is 5.01. The molecule has 1 atom stereocenters. The van der Waals surface area contributed by atoms with E-state index in [4.69, 9.17) is 0 Å². The first-order valence-electron chi connectivity index (χ1n) is 6.95. The highest BCUT2D eigenvalue weighted by atomic mass is 16.3. The van der Waals surface area contributed by atoms with E-state index in [1.165, 1.54) is 0 Å². The minimum atomic E-state index is -0.862. The summed E-state index contributed by atoms with van der Waals surface area (Å²) >= 11 is 0. The number of fused-ring (bicyclic) bond motifs is 1. The molecule has 21 heavy (non-hydrogen) atoms. The summed E-state index contributed by atoms with van der Waals surface area (Å²) in [6.45, 7) is 0. The molecule has 1 aromatic heterocycles. The highest BCUT2D eigenvalue weighted by Gasteiger charge is 2.14. The summed E-state index contributed by atoms with van der Waals surface area (Å²) in [7, 11) is 0. The lowest BCUT2D eigenvalue weighted by Crippen LogP contribution is -2.19. The van der Waals surface area contributed by atoms with Crippen LogP contribution in [0.2, 0.25) is 0 Å². The molecule has 3 aromatic rings. The number of hydrogen-bond acceptors (Lipinski definition) is 3. The maximum absolute atomic E-state index is 12.0. The van der Waals surface area contributed by atoms with E-state index < -0.39 is 6.10 Å². The first kappa shape index (κ1) is 13.5. The van der Waals surface area contributed by atoms with Crippen molar-refractivity contribution in [2.24, 2.45) is 0 Å². The number of para-hydroxylation sites is 2. The van der Waals surface area contributed by atoms with Crippen LogP contribution in [0.4, 0.5) is 0 Å². The van der Waals surface area contributed by atoms with E-state index in [1.54, 1.807) is 6.07 Å². The highest BCUT2D eigenvalue weighted by Crippen LogP contribution is 2.16. The van der Waals surface area contributed by atoms with Crippen LogP contribution >= 0.6 is 0 Å². The molecule has 2 N–H and O–H groups in total. The van der Waals surface area contributed by atoms with Crippen LogP contribution in [0.3, 0.4) is 0 Å². The first-order valence-corrected chi connectivity index (χ1v) is 6.95. The van der Waals surface area contributed by atoms with Crippen molar-refractivity contribution in [3.05, 3.63) is 76.2 Å². The largest absolute Gasteiger partial charge is 0.387 e. The standard InChI is InChI=1S/C17H16N2O2/c20-15(11-10-12-6-2-1-3-7-12)16-17(21)19-14-9-5-4-8-13(14)18-16/h1-9,15,20H,10-11H2,(H,19,21). The van der Waals surface area contributed by atoms with Gasteiger partial charge in [-0.05, 0) is 30.5 Å². The number of benzene rings is 2. The molecule has 0 aliphatic rings. The van der Waals surface area contributed by atoms with E-state index in [0.717, 1.165) is 5.56 Å². The van der Waals surface area contributed by atoms with Gasteiger partial charge in [0.15, 0.2) is 0 Å². The molecule has 0 fully saturated rings. The Kier molecular flexibility index (Phi) is 3.79. The van der Waals surface area contributed by atoms with Crippen molar-refractivity contribution in [2.45, 2.75) is 18.9 Å². The molecular weight excluding hydrogens is 264 g/mol. The maximum Gasteiger partial charge on any atom is 0.272 e. The third kappa shape index (κ3) is 3.01. The fraction of sp³-hybridized carbons (Fsp3) is 0.176. The van der Waals surface area contributed by atoms with Crippen LogP contribution in [0.1, 0.15) is 23.8 Å². The first-order chi connectivity index (χ1) is 10.2. The number of nitrogens with one attached hydrogen (secondary N) is 1. The van der Waals surface area contributed by atoms with E-state index >= 15 is 0 Å². The Balaban J connectivity index is 1.82. The molecule has 4 heteroatoms. The van der Waals surface area contributed by atoms with E-state index in [9.17, 15) is 9.90 Å². The van der Waals surface area contributed by atoms with Crippen LogP contribution in [-0.4, -0.2) is 15.1 Å². The Morgan fingerprint density at radius 1 is 1.05 bits per heavy atom. The summed E-state index contributed by atoms with van der Waals surface area (Å²) in [6, 6.07) is 17.2. The average molecular weight is 280 g/mol. The van der Waals surface area contributed by atoms with Gasteiger partial charge < -0.3 is 10.1 Å². The van der Waals surface area contributed by atoms with Crippen LogP contribution in [0.25, 0.3) is 11.0 Å². The second-order valence-corrected chi connectivity index (χ2v) is 5.01. The van der Waals surface area contributed by atoms with Crippen LogP contribution in [0.15, 0.2) is 59.4 Å². The zero-order chi connectivity index (χ0) is 14.7. The van der Waals surface area contributed by atoms with Crippen molar-refractivity contribution in [1.82, 2.24) is 9.97 Å². The van der Waals surface area contributed by atoms with Crippen molar-refractivity contribution in [2.75, 3.05) is 0 Å². The van der Waals surface area contributed by atoms with Gasteiger partial charge in [0.25, 0.3) is 5.56 Å². The lowest BCUT2D eigenvalue weighted by atomic mass is 10.1. The summed E-state index contributed by atoms with van der Waals surface area (Å²) in [5.41, 5.74) is 2.36. The predicted molar refractivity (Wildman–Crippen MR) is 82.1 cm³/mol. The number of aromatic amines is 1. The molecule has 0 amide bonds. The molecule has 1 heterocycles. The number of aromatic nitrogens is 2. The van der Waals surface area contributed by atoms with Gasteiger partial charge in [0.05, 0.1) is 11.0 Å². The summed E-state index contributed by atoms with van der Waals surface area (Å²) in [6.07, 6.45) is 0.313. The van der Waals surface area contributed by atoms with Gasteiger partial charge >= 0.3 is 0 Å². The molecule has 4 nitrogen and oxygen atoms in total. The molecule has 106 valence electrons. The quantitative estimate of drug-likeness (QED) is 0.772. The zero-order valence-corrected chi connectivity index (χ0v) is 11.5. The lowest BCUT2D eigenvalue weighted by molar-refractivity contribution is 0.162. The zero-order valence-electron chi connectivity index (χ0n) is 11.5. The van der Waals surface area contributed by atoms with Gasteiger partial charge in [0.2, 0.25) is 0 Å². The van der Waals surface area contributed by atoms with Crippen LogP contribution in [-0.2, 0) is 6.42 Å². The molecule has 0 saturated heterocycles. The normalized spacial score (nSPS) is 12.4. The molecule has 0 saturated carbocycles. The van der Waals surface area contributed by atoms with Crippen molar-refractivity contribution < 1.29 is 5.11 Å². The fourth-order valence-corrected chi connectivity index (χ4v) is 2.35. The van der Waals surface area contributed by atoms with Crippen LogP contribution in [0.5, 0.6) is 0 Å². The van der Waals surface area contributed by atoms with Crippen molar-refractivity contribution in [3.63, 3.8) is 0 Å². The average Bonchev–Trinajstić information content (AvgIpc) is 2.53. The van der Waals surface area contributed by atoms with Gasteiger partial charge in [-0.3, -0.25) is 4.79 Å². The number of aliphatic hydroxyl groups excluding tert-OH is 1. The van der Waals surface area contributed by atoms with Gasteiger partial charge in [-0.15, -0.1) is 0 Å². The third-order valence-corrected chi connectivity index (χ3v) is 3.49. The second kappa shape index (κ2) is 5.89. The molecular formula is C17H16N2O2. The summed E-state index contributed by atoms with van der Waals surface area (Å²) in [4.78, 5) is 19.1. The van der Waals surface area contributed by atoms with Crippen LogP contribution < -0.4 is 5.56 Å². The summed E-state index contributed by atoms with van der Waals surface area (Å²) in [5, 5.41) is 10.2. The smallest absolute Gasteiger partial charge is 0.272 e. The van der Waals surface area contributed by atoms with Gasteiger partial charge in [0.1, 0.15) is 11.8 Å². The molecule has 1 unspecified atom stereocenters. The molecule has 0 radical (unpaired) electrons. The van der Waals surface area contributed by atoms with E-state index in [-0.39, 0.29) is 11.3 Å². The van der Waals surface area contributed by atoms with E-state index in [2.05, 4.69) is 9.97 Å². The number of nitrogens with zero attached hydrogens (tertiary/aromatic N) is 1. The Morgan fingerprint density at radius 3 is 2.57 bits per heavy atom. The summed E-state index contributed by atoms with van der Waals surface area (Å²) in [5.74, 6) is 0.